The van der Waals surface area contributed by atoms with Gasteiger partial charge in [-0.3, -0.25) is 4.79 Å². The molecule has 2 aliphatic rings. The maximum atomic E-state index is 10.7. The van der Waals surface area contributed by atoms with E-state index in [0.717, 1.165) is 12.7 Å². The molecule has 0 radical (unpaired) electrons. The zero-order valence-electron chi connectivity index (χ0n) is 8.88. The number of aromatic nitrogens is 2. The largest absolute Gasteiger partial charge is 0.339 e. The Morgan fingerprint density at radius 3 is 2.73 bits per heavy atom. The summed E-state index contributed by atoms with van der Waals surface area (Å²) in [4.78, 5) is 18.3. The maximum absolute atomic E-state index is 10.7. The lowest BCUT2D eigenvalue weighted by Crippen LogP contribution is -2.26. The molecule has 0 amide bonds. The topological polar surface area (TPSA) is 45.8 Å². The van der Waals surface area contributed by atoms with Gasteiger partial charge in [0.1, 0.15) is 0 Å². The average Bonchev–Trinajstić information content (AvgIpc) is 2.82. The number of aryl methyl sites for hydroxylation is 1. The van der Waals surface area contributed by atoms with Crippen LogP contribution in [-0.2, 0) is 11.8 Å². The van der Waals surface area contributed by atoms with E-state index in [4.69, 9.17) is 0 Å². The second-order valence-corrected chi connectivity index (χ2v) is 4.91. The Hall–Kier alpha value is -1.12. The van der Waals surface area contributed by atoms with Gasteiger partial charge in [0.05, 0.1) is 5.69 Å². The molecule has 0 atom stereocenters. The first-order chi connectivity index (χ1) is 7.34. The van der Waals surface area contributed by atoms with Crippen molar-refractivity contribution < 1.29 is 4.79 Å². The molecule has 0 aliphatic heterocycles. The maximum Gasteiger partial charge on any atom is 0.185 e. The zero-order valence-corrected chi connectivity index (χ0v) is 8.88. The van der Waals surface area contributed by atoms with Crippen molar-refractivity contribution >= 4 is 6.29 Å². The lowest BCUT2D eigenvalue weighted by atomic mass is 9.72. The van der Waals surface area contributed by atoms with Crippen LogP contribution in [0.1, 0.15) is 60.5 Å². The molecule has 1 aromatic rings. The Labute approximate surface area is 89.3 Å². The van der Waals surface area contributed by atoms with Gasteiger partial charge in [-0.2, -0.15) is 0 Å². The number of hydrogen-bond donors (Lipinski definition) is 1. The summed E-state index contributed by atoms with van der Waals surface area (Å²) in [5.74, 6) is 0.518. The highest BCUT2D eigenvalue weighted by molar-refractivity contribution is 5.69. The highest BCUT2D eigenvalue weighted by Crippen LogP contribution is 2.47. The molecule has 1 aromatic heterocycles. The first-order valence-electron chi connectivity index (χ1n) is 5.89. The van der Waals surface area contributed by atoms with Crippen LogP contribution in [0.2, 0.25) is 0 Å². The van der Waals surface area contributed by atoms with Crippen molar-refractivity contribution in [3.63, 3.8) is 0 Å². The molecule has 3 rings (SSSR count). The van der Waals surface area contributed by atoms with Crippen molar-refractivity contribution in [2.75, 3.05) is 0 Å². The van der Waals surface area contributed by atoms with Crippen LogP contribution >= 0.6 is 0 Å². The highest BCUT2D eigenvalue weighted by Gasteiger charge is 2.42. The van der Waals surface area contributed by atoms with E-state index < -0.39 is 0 Å². The Morgan fingerprint density at radius 1 is 1.20 bits per heavy atom. The van der Waals surface area contributed by atoms with Crippen LogP contribution in [0, 0.1) is 0 Å². The third-order valence-corrected chi connectivity index (χ3v) is 4.08. The minimum atomic E-state index is 0.325. The van der Waals surface area contributed by atoms with E-state index in [2.05, 4.69) is 9.97 Å². The minimum absolute atomic E-state index is 0.325. The molecular formula is C12H16N2O. The van der Waals surface area contributed by atoms with Crippen LogP contribution in [0.4, 0.5) is 0 Å². The predicted molar refractivity (Wildman–Crippen MR) is 57.1 cm³/mol. The molecule has 1 N–H and O–H groups in total. The molecule has 1 spiro atoms. The van der Waals surface area contributed by atoms with Crippen molar-refractivity contribution in [3.8, 4) is 0 Å². The number of nitrogens with one attached hydrogen (secondary N) is 1. The Kier molecular flexibility index (Phi) is 1.94. The molecule has 0 bridgehead atoms. The highest BCUT2D eigenvalue weighted by atomic mass is 16.1. The fraction of sp³-hybridized carbons (Fsp3) is 0.667. The van der Waals surface area contributed by atoms with Crippen LogP contribution in [0.25, 0.3) is 0 Å². The molecule has 1 saturated carbocycles. The van der Waals surface area contributed by atoms with E-state index in [-0.39, 0.29) is 0 Å². The monoisotopic (exact) mass is 204 g/mol. The first kappa shape index (κ1) is 9.13. The van der Waals surface area contributed by atoms with Gasteiger partial charge < -0.3 is 4.98 Å². The van der Waals surface area contributed by atoms with Crippen LogP contribution in [0.3, 0.4) is 0 Å². The number of imidazole rings is 1. The van der Waals surface area contributed by atoms with Gasteiger partial charge >= 0.3 is 0 Å². The molecular weight excluding hydrogens is 188 g/mol. The Balaban J connectivity index is 2.01. The third-order valence-electron chi connectivity index (χ3n) is 4.08. The average molecular weight is 204 g/mol. The van der Waals surface area contributed by atoms with Gasteiger partial charge in [-0.15, -0.1) is 0 Å². The number of hydrogen-bond acceptors (Lipinski definition) is 2. The summed E-state index contributed by atoms with van der Waals surface area (Å²) in [6.45, 7) is 0. The molecule has 2 aliphatic carbocycles. The molecule has 0 saturated heterocycles. The number of aromatic amines is 1. The van der Waals surface area contributed by atoms with E-state index in [1.54, 1.807) is 0 Å². The van der Waals surface area contributed by atoms with E-state index in [1.165, 1.54) is 49.9 Å². The molecule has 15 heavy (non-hydrogen) atoms. The second-order valence-electron chi connectivity index (χ2n) is 4.91. The van der Waals surface area contributed by atoms with Crippen LogP contribution in [-0.4, -0.2) is 16.3 Å². The Morgan fingerprint density at radius 2 is 2.00 bits per heavy atom. The summed E-state index contributed by atoms with van der Waals surface area (Å²) in [5.41, 5.74) is 2.76. The molecule has 0 aromatic carbocycles. The second kappa shape index (κ2) is 3.19. The molecule has 1 fully saturated rings. The summed E-state index contributed by atoms with van der Waals surface area (Å²) in [5, 5.41) is 0. The number of fused-ring (bicyclic) bond motifs is 2. The fourth-order valence-corrected chi connectivity index (χ4v) is 3.30. The van der Waals surface area contributed by atoms with Crippen molar-refractivity contribution in [2.24, 2.45) is 0 Å². The SMILES string of the molecule is O=Cc1nc2c([nH]1)CCC21CCCCC1. The third kappa shape index (κ3) is 1.25. The number of carbonyl (C=O) groups is 1. The predicted octanol–water partition coefficient (Wildman–Crippen LogP) is 2.37. The molecule has 3 heteroatoms. The van der Waals surface area contributed by atoms with Crippen molar-refractivity contribution in [1.29, 1.82) is 0 Å². The lowest BCUT2D eigenvalue weighted by molar-refractivity contribution is 0.111. The number of nitrogens with zero attached hydrogens (tertiary/aromatic N) is 1. The van der Waals surface area contributed by atoms with E-state index >= 15 is 0 Å². The zero-order chi connectivity index (χ0) is 10.3. The first-order valence-corrected chi connectivity index (χ1v) is 5.89. The van der Waals surface area contributed by atoms with Gasteiger partial charge in [-0.1, -0.05) is 19.3 Å². The molecule has 1 heterocycles. The molecule has 3 nitrogen and oxygen atoms in total. The minimum Gasteiger partial charge on any atom is -0.339 e. The summed E-state index contributed by atoms with van der Waals surface area (Å²) in [6, 6.07) is 0. The van der Waals surface area contributed by atoms with Gasteiger partial charge in [0, 0.05) is 11.1 Å². The number of aldehydes is 1. The molecule has 0 unspecified atom stereocenters. The van der Waals surface area contributed by atoms with Crippen LogP contribution < -0.4 is 0 Å². The normalized spacial score (nSPS) is 22.9. The van der Waals surface area contributed by atoms with Gasteiger partial charge in [0.2, 0.25) is 0 Å². The lowest BCUT2D eigenvalue weighted by Gasteiger charge is -2.32. The van der Waals surface area contributed by atoms with E-state index in [1.807, 2.05) is 0 Å². The quantitative estimate of drug-likeness (QED) is 0.714. The number of carbonyl (C=O) groups excluding carboxylic acids is 1. The number of H-pyrrole nitrogens is 1. The van der Waals surface area contributed by atoms with E-state index in [0.29, 0.717) is 11.2 Å². The summed E-state index contributed by atoms with van der Waals surface area (Å²) in [6.07, 6.45) is 9.69. The van der Waals surface area contributed by atoms with Crippen molar-refractivity contribution in [3.05, 3.63) is 17.2 Å². The fourth-order valence-electron chi connectivity index (χ4n) is 3.30. The molecule has 80 valence electrons. The van der Waals surface area contributed by atoms with Gasteiger partial charge in [-0.05, 0) is 25.7 Å². The van der Waals surface area contributed by atoms with Gasteiger partial charge in [0.25, 0.3) is 0 Å². The van der Waals surface area contributed by atoms with Crippen molar-refractivity contribution in [2.45, 2.75) is 50.4 Å². The number of rotatable bonds is 1. The van der Waals surface area contributed by atoms with Gasteiger partial charge in [0.15, 0.2) is 12.1 Å². The standard InChI is InChI=1S/C12H16N2O/c15-8-10-13-9-4-7-12(11(9)14-10)5-2-1-3-6-12/h8H,1-7H2,(H,13,14). The summed E-state index contributed by atoms with van der Waals surface area (Å²) in [7, 11) is 0. The van der Waals surface area contributed by atoms with Gasteiger partial charge in [-0.25, -0.2) is 4.98 Å². The van der Waals surface area contributed by atoms with Crippen LogP contribution in [0.15, 0.2) is 0 Å². The Bertz CT molecular complexity index is 388. The summed E-state index contributed by atoms with van der Waals surface area (Å²) >= 11 is 0. The smallest absolute Gasteiger partial charge is 0.185 e. The summed E-state index contributed by atoms with van der Waals surface area (Å²) < 4.78 is 0. The van der Waals surface area contributed by atoms with E-state index in [9.17, 15) is 4.79 Å². The van der Waals surface area contributed by atoms with Crippen LogP contribution in [0.5, 0.6) is 0 Å². The van der Waals surface area contributed by atoms with Crippen molar-refractivity contribution in [1.82, 2.24) is 9.97 Å².